The van der Waals surface area contributed by atoms with Gasteiger partial charge in [0.15, 0.2) is 0 Å². The molecule has 0 fully saturated rings. The van der Waals surface area contributed by atoms with Crippen molar-refractivity contribution in [1.82, 2.24) is 0 Å². The van der Waals surface area contributed by atoms with E-state index in [0.29, 0.717) is 0 Å². The first-order valence-electron chi connectivity index (χ1n) is 7.39. The van der Waals surface area contributed by atoms with Gasteiger partial charge in [-0.3, -0.25) is 27.4 Å². The van der Waals surface area contributed by atoms with E-state index >= 15 is 0 Å². The summed E-state index contributed by atoms with van der Waals surface area (Å²) in [6.45, 7) is -0.871. The van der Waals surface area contributed by atoms with Gasteiger partial charge in [-0.25, -0.2) is 0 Å². The molecule has 0 aromatic carbocycles. The topological polar surface area (TPSA) is 397 Å². The summed E-state index contributed by atoms with van der Waals surface area (Å²) in [6, 6.07) is 0. The molecule has 20 nitrogen and oxygen atoms in total. The Kier molecular flexibility index (Phi) is 9.27. The molecule has 0 saturated heterocycles. The average Bonchev–Trinajstić information content (AvgIpc) is 2.42. The molecule has 0 radical (unpaired) electrons. The smallest absolute Gasteiger partial charge is 0.330 e. The molecule has 32 heavy (non-hydrogen) atoms. The summed E-state index contributed by atoms with van der Waals surface area (Å²) < 4.78 is 73.8. The van der Waals surface area contributed by atoms with Crippen LogP contribution in [0, 0.1) is 0 Å². The SMILES string of the molecule is NCCCC(C(C(N)(P(=O)(O)O)P(=O)(O)O)(P(=O)(O)O)P(=O)(O)O)(P(=O)(O)O)P(=O)(O)O. The van der Waals surface area contributed by atoms with Crippen LogP contribution in [0.5, 0.6) is 0 Å². The lowest BCUT2D eigenvalue weighted by Gasteiger charge is -2.55. The first-order chi connectivity index (χ1) is 13.6. The third kappa shape index (κ3) is 4.53. The number of hydrogen-bond donors (Lipinski definition) is 14. The molecule has 0 saturated carbocycles. The van der Waals surface area contributed by atoms with Crippen LogP contribution in [-0.2, 0) is 27.4 Å². The van der Waals surface area contributed by atoms with E-state index in [-0.39, 0.29) is 0 Å². The summed E-state index contributed by atoms with van der Waals surface area (Å²) in [5.41, 5.74) is 9.96. The highest BCUT2D eigenvalue weighted by Gasteiger charge is 2.95. The largest absolute Gasteiger partial charge is 0.359 e. The van der Waals surface area contributed by atoms with E-state index in [2.05, 4.69) is 0 Å². The zero-order valence-electron chi connectivity index (χ0n) is 15.3. The predicted molar refractivity (Wildman–Crippen MR) is 103 cm³/mol. The first-order valence-corrected chi connectivity index (χ1v) is 17.1. The maximum absolute atomic E-state index is 12.5. The highest BCUT2D eigenvalue weighted by Crippen LogP contribution is 2.95. The lowest BCUT2D eigenvalue weighted by atomic mass is 10.1. The molecular weight excluding hydrogens is 574 g/mol. The van der Waals surface area contributed by atoms with Crippen molar-refractivity contribution in [2.45, 2.75) is 27.7 Å². The van der Waals surface area contributed by atoms with Crippen LogP contribution in [0.15, 0.2) is 0 Å². The van der Waals surface area contributed by atoms with Gasteiger partial charge in [-0.2, -0.15) is 0 Å². The molecule has 0 unspecified atom stereocenters. The van der Waals surface area contributed by atoms with E-state index in [4.69, 9.17) is 11.5 Å². The molecule has 0 aromatic rings. The molecule has 0 aliphatic carbocycles. The molecule has 0 rings (SSSR count). The molecule has 0 spiro atoms. The Morgan fingerprint density at radius 2 is 0.812 bits per heavy atom. The molecule has 0 amide bonds. The van der Waals surface area contributed by atoms with Gasteiger partial charge in [0.25, 0.3) is 5.02 Å². The first kappa shape index (κ1) is 32.8. The van der Waals surface area contributed by atoms with E-state index in [1.807, 2.05) is 0 Å². The Bertz CT molecular complexity index is 935. The fourth-order valence-electron chi connectivity index (χ4n) is 3.33. The normalized spacial score (nSPS) is 16.3. The monoisotopic (exact) mass is 596 g/mol. The van der Waals surface area contributed by atoms with Crippen LogP contribution in [0.3, 0.4) is 0 Å². The van der Waals surface area contributed by atoms with E-state index < -0.39 is 79.8 Å². The van der Waals surface area contributed by atoms with Crippen molar-refractivity contribution in [2.24, 2.45) is 11.5 Å². The van der Waals surface area contributed by atoms with E-state index in [1.165, 1.54) is 0 Å². The Balaban J connectivity index is 9.07. The van der Waals surface area contributed by atoms with Crippen LogP contribution in [0.2, 0.25) is 0 Å². The van der Waals surface area contributed by atoms with Crippen LogP contribution >= 0.6 is 45.6 Å². The van der Waals surface area contributed by atoms with Gasteiger partial charge in [-0.1, -0.05) is 0 Å². The number of rotatable bonds is 11. The highest BCUT2D eigenvalue weighted by molar-refractivity contribution is 7.84. The van der Waals surface area contributed by atoms with Gasteiger partial charge in [0.1, 0.15) is 0 Å². The fourth-order valence-corrected chi connectivity index (χ4v) is 19.3. The molecule has 0 aliphatic rings. The van der Waals surface area contributed by atoms with E-state index in [0.717, 1.165) is 0 Å². The van der Waals surface area contributed by atoms with Crippen molar-refractivity contribution in [3.05, 3.63) is 0 Å². The summed E-state index contributed by atoms with van der Waals surface area (Å²) in [4.78, 5) is 105. The molecule has 26 heteroatoms. The molecular formula is C6H22N2O18P6. The van der Waals surface area contributed by atoms with Gasteiger partial charge in [0, 0.05) is 0 Å². The average molecular weight is 596 g/mol. The number of nitrogens with two attached hydrogens (primary N) is 2. The molecule has 16 N–H and O–H groups in total. The summed E-state index contributed by atoms with van der Waals surface area (Å²) in [7, 11) is -44.1. The lowest BCUT2D eigenvalue weighted by molar-refractivity contribution is 0.207. The van der Waals surface area contributed by atoms with Crippen molar-refractivity contribution in [1.29, 1.82) is 0 Å². The maximum Gasteiger partial charge on any atom is 0.359 e. The zero-order valence-corrected chi connectivity index (χ0v) is 20.6. The predicted octanol–water partition coefficient (Wildman–Crippen LogP) is -3.20. The van der Waals surface area contributed by atoms with Crippen molar-refractivity contribution in [3.8, 4) is 0 Å². The minimum Gasteiger partial charge on any atom is -0.330 e. The Hall–Kier alpha value is 0.820. The van der Waals surface area contributed by atoms with Crippen LogP contribution in [0.25, 0.3) is 0 Å². The minimum atomic E-state index is -7.60. The highest BCUT2D eigenvalue weighted by atomic mass is 31.3. The Morgan fingerprint density at radius 1 is 0.531 bits per heavy atom. The van der Waals surface area contributed by atoms with Crippen molar-refractivity contribution >= 4 is 45.6 Å². The van der Waals surface area contributed by atoms with Gasteiger partial charge in [0.2, 0.25) is 9.79 Å². The Morgan fingerprint density at radius 3 is 0.969 bits per heavy atom. The lowest BCUT2D eigenvalue weighted by Crippen LogP contribution is -2.69. The van der Waals surface area contributed by atoms with Gasteiger partial charge in [0.05, 0.1) is 0 Å². The van der Waals surface area contributed by atoms with Crippen LogP contribution in [0.1, 0.15) is 12.8 Å². The molecule has 0 bridgehead atoms. The van der Waals surface area contributed by atoms with Crippen LogP contribution in [0.4, 0.5) is 0 Å². The van der Waals surface area contributed by atoms with Gasteiger partial charge in [-0.05, 0) is 19.4 Å². The van der Waals surface area contributed by atoms with Crippen molar-refractivity contribution in [3.63, 3.8) is 0 Å². The molecule has 0 aliphatic heterocycles. The van der Waals surface area contributed by atoms with Gasteiger partial charge in [-0.15, -0.1) is 0 Å². The van der Waals surface area contributed by atoms with Crippen LogP contribution < -0.4 is 11.5 Å². The molecule has 0 heterocycles. The van der Waals surface area contributed by atoms with Gasteiger partial charge < -0.3 is 70.2 Å². The Labute approximate surface area is 178 Å². The third-order valence-electron chi connectivity index (χ3n) is 4.50. The second-order valence-corrected chi connectivity index (χ2v) is 18.2. The van der Waals surface area contributed by atoms with E-state index in [9.17, 15) is 86.1 Å². The third-order valence-corrected chi connectivity index (χ3v) is 19.2. The maximum atomic E-state index is 12.5. The standard InChI is InChI=1S/C6H22N2O18P6/c7-3-1-2-4(27(9,10)11,28(12,13)14)5(29(15,16)17,30(18,19)20)6(8,31(21,22)23)32(24,25)26/h1-3,7-8H2,(H2,9,10,11)(H2,12,13,14)(H2,15,16,17)(H2,18,19,20)(H2,21,22,23)(H2,24,25,26). The van der Waals surface area contributed by atoms with E-state index in [1.54, 1.807) is 0 Å². The molecule has 0 aromatic heterocycles. The molecule has 0 atom stereocenters. The van der Waals surface area contributed by atoms with Gasteiger partial charge >= 0.3 is 45.6 Å². The second-order valence-electron chi connectivity index (χ2n) is 6.37. The van der Waals surface area contributed by atoms with Crippen molar-refractivity contribution < 1.29 is 86.1 Å². The van der Waals surface area contributed by atoms with Crippen molar-refractivity contribution in [2.75, 3.05) is 6.54 Å². The summed E-state index contributed by atoms with van der Waals surface area (Å²) in [6.07, 6.45) is -3.30. The molecule has 194 valence electrons. The zero-order chi connectivity index (χ0) is 26.6. The second kappa shape index (κ2) is 9.04. The summed E-state index contributed by atoms with van der Waals surface area (Å²) in [5.74, 6) is 0. The van der Waals surface area contributed by atoms with Crippen LogP contribution in [-0.4, -0.2) is 80.1 Å². The summed E-state index contributed by atoms with van der Waals surface area (Å²) in [5, 5.41) is -5.66. The number of hydrogen-bond acceptors (Lipinski definition) is 8. The minimum absolute atomic E-state index is 0.871. The quantitative estimate of drug-likeness (QED) is 0.104. The summed E-state index contributed by atoms with van der Waals surface area (Å²) >= 11 is 0. The fraction of sp³-hybridized carbons (Fsp3) is 1.00.